The summed E-state index contributed by atoms with van der Waals surface area (Å²) in [5, 5.41) is 23.7. The summed E-state index contributed by atoms with van der Waals surface area (Å²) in [7, 11) is 1.47. The predicted octanol–water partition coefficient (Wildman–Crippen LogP) is 5.85. The van der Waals surface area contributed by atoms with Gasteiger partial charge in [-0.05, 0) is 79.6 Å². The maximum absolute atomic E-state index is 13.1. The molecule has 0 spiro atoms. The topological polar surface area (TPSA) is 141 Å². The average Bonchev–Trinajstić information content (AvgIpc) is 3.33. The van der Waals surface area contributed by atoms with Gasteiger partial charge < -0.3 is 19.5 Å². The quantitative estimate of drug-likeness (QED) is 0.107. The number of nitriles is 1. The number of esters is 1. The van der Waals surface area contributed by atoms with Crippen LogP contribution in [0.25, 0.3) is 6.08 Å². The van der Waals surface area contributed by atoms with Gasteiger partial charge in [0.05, 0.1) is 24.2 Å². The summed E-state index contributed by atoms with van der Waals surface area (Å²) in [4.78, 5) is 37.2. The molecule has 0 fully saturated rings. The molecule has 11 heteroatoms. The Hall–Kier alpha value is -4.69. The number of fused-ring (bicyclic) bond motifs is 1. The van der Waals surface area contributed by atoms with Crippen LogP contribution >= 0.6 is 11.3 Å². The molecule has 0 saturated heterocycles. The van der Waals surface area contributed by atoms with Gasteiger partial charge in [-0.3, -0.25) is 14.9 Å². The van der Waals surface area contributed by atoms with Gasteiger partial charge in [-0.1, -0.05) is 6.07 Å². The number of carbonyl (C=O) groups excluding carboxylic acids is 2. The number of nitro benzene ring substituents is 1. The molecule has 40 heavy (non-hydrogen) atoms. The largest absolute Gasteiger partial charge is 0.493 e. The SMILES string of the molecule is CCOC(=O)c1c(NC(=O)C(C#N)=Cc2ccc(OCc3ccc([N+](=O)[O-])cc3)c(OC)c2)sc2c1CCCC2. The molecule has 0 bridgehead atoms. The van der Waals surface area contributed by atoms with Crippen LogP contribution in [0.1, 0.15) is 51.7 Å². The number of nitrogens with one attached hydrogen (secondary N) is 1. The van der Waals surface area contributed by atoms with Gasteiger partial charge in [0.15, 0.2) is 11.5 Å². The van der Waals surface area contributed by atoms with E-state index in [1.807, 2.05) is 6.07 Å². The molecule has 0 atom stereocenters. The maximum atomic E-state index is 13.1. The number of methoxy groups -OCH3 is 1. The highest BCUT2D eigenvalue weighted by atomic mass is 32.1. The van der Waals surface area contributed by atoms with Crippen molar-refractivity contribution in [2.24, 2.45) is 0 Å². The average molecular weight is 562 g/mol. The molecule has 2 aromatic carbocycles. The van der Waals surface area contributed by atoms with Crippen molar-refractivity contribution in [3.63, 3.8) is 0 Å². The summed E-state index contributed by atoms with van der Waals surface area (Å²) in [6, 6.07) is 12.9. The number of ether oxygens (including phenoxy) is 3. The number of thiophene rings is 1. The van der Waals surface area contributed by atoms with Crippen LogP contribution in [0.5, 0.6) is 11.5 Å². The minimum Gasteiger partial charge on any atom is -0.493 e. The molecule has 1 heterocycles. The molecule has 1 aliphatic carbocycles. The van der Waals surface area contributed by atoms with Crippen molar-refractivity contribution < 1.29 is 28.7 Å². The van der Waals surface area contributed by atoms with Crippen molar-refractivity contribution >= 4 is 40.0 Å². The number of aryl methyl sites for hydroxylation is 1. The van der Waals surface area contributed by atoms with Crippen LogP contribution < -0.4 is 14.8 Å². The molecule has 0 saturated carbocycles. The summed E-state index contributed by atoms with van der Waals surface area (Å²) in [5.41, 5.74) is 2.40. The minimum absolute atomic E-state index is 0.00870. The second kappa shape index (κ2) is 12.9. The Morgan fingerprint density at radius 1 is 1.15 bits per heavy atom. The first kappa shape index (κ1) is 28.3. The van der Waals surface area contributed by atoms with E-state index in [4.69, 9.17) is 14.2 Å². The van der Waals surface area contributed by atoms with Gasteiger partial charge in [-0.25, -0.2) is 4.79 Å². The van der Waals surface area contributed by atoms with Crippen LogP contribution in [-0.4, -0.2) is 30.5 Å². The first-order valence-corrected chi connectivity index (χ1v) is 13.4. The molecule has 206 valence electrons. The molecule has 10 nitrogen and oxygen atoms in total. The Morgan fingerprint density at radius 3 is 2.58 bits per heavy atom. The zero-order chi connectivity index (χ0) is 28.6. The number of nitro groups is 1. The Balaban J connectivity index is 1.51. The van der Waals surface area contributed by atoms with E-state index in [0.717, 1.165) is 41.7 Å². The number of amides is 1. The monoisotopic (exact) mass is 561 g/mol. The summed E-state index contributed by atoms with van der Waals surface area (Å²) in [6.45, 7) is 2.10. The molecule has 3 aromatic rings. The fourth-order valence-corrected chi connectivity index (χ4v) is 5.60. The third kappa shape index (κ3) is 6.47. The fourth-order valence-electron chi connectivity index (χ4n) is 4.33. The van der Waals surface area contributed by atoms with Crippen LogP contribution in [0.15, 0.2) is 48.0 Å². The van der Waals surface area contributed by atoms with Crippen LogP contribution in [0.2, 0.25) is 0 Å². The number of carbonyl (C=O) groups is 2. The van der Waals surface area contributed by atoms with Crippen molar-refractivity contribution in [1.82, 2.24) is 0 Å². The molecule has 0 radical (unpaired) electrons. The normalized spacial score (nSPS) is 12.6. The summed E-state index contributed by atoms with van der Waals surface area (Å²) in [5.74, 6) is -0.314. The van der Waals surface area contributed by atoms with E-state index in [2.05, 4.69) is 5.32 Å². The number of hydrogen-bond acceptors (Lipinski definition) is 9. The Kier molecular flexibility index (Phi) is 9.14. The maximum Gasteiger partial charge on any atom is 0.341 e. The number of anilines is 1. The van der Waals surface area contributed by atoms with Gasteiger partial charge in [-0.15, -0.1) is 11.3 Å². The highest BCUT2D eigenvalue weighted by molar-refractivity contribution is 7.17. The highest BCUT2D eigenvalue weighted by Crippen LogP contribution is 2.39. The van der Waals surface area contributed by atoms with Crippen molar-refractivity contribution in [3.8, 4) is 17.6 Å². The van der Waals surface area contributed by atoms with Crippen LogP contribution in [0.3, 0.4) is 0 Å². The van der Waals surface area contributed by atoms with Gasteiger partial charge in [-0.2, -0.15) is 5.26 Å². The van der Waals surface area contributed by atoms with Crippen molar-refractivity contribution in [2.45, 2.75) is 39.2 Å². The molecule has 1 amide bonds. The molecule has 1 N–H and O–H groups in total. The molecule has 4 rings (SSSR count). The standard InChI is InChI=1S/C29H27N3O7S/c1-3-38-29(34)26-22-6-4-5-7-25(22)40-28(26)31-27(33)20(16-30)14-19-10-13-23(24(15-19)37-2)39-17-18-8-11-21(12-9-18)32(35)36/h8-15H,3-7,17H2,1-2H3,(H,31,33). The van der Waals surface area contributed by atoms with Crippen LogP contribution in [-0.2, 0) is 29.0 Å². The zero-order valence-corrected chi connectivity index (χ0v) is 22.8. The number of non-ortho nitro benzene ring substituents is 1. The Morgan fingerprint density at radius 2 is 1.90 bits per heavy atom. The predicted molar refractivity (Wildman–Crippen MR) is 150 cm³/mol. The Labute approximate surface area is 234 Å². The van der Waals surface area contributed by atoms with Crippen molar-refractivity contribution in [3.05, 3.63) is 85.3 Å². The summed E-state index contributed by atoms with van der Waals surface area (Å²) >= 11 is 1.35. The van der Waals surface area contributed by atoms with Gasteiger partial charge in [0, 0.05) is 17.0 Å². The highest BCUT2D eigenvalue weighted by Gasteiger charge is 2.27. The minimum atomic E-state index is -0.635. The molecular formula is C29H27N3O7S. The third-order valence-corrected chi connectivity index (χ3v) is 7.49. The lowest BCUT2D eigenvalue weighted by Crippen LogP contribution is -2.16. The molecular weight excluding hydrogens is 534 g/mol. The third-order valence-electron chi connectivity index (χ3n) is 6.28. The molecule has 1 aliphatic rings. The van der Waals surface area contributed by atoms with Crippen molar-refractivity contribution in [2.75, 3.05) is 19.0 Å². The van der Waals surface area contributed by atoms with E-state index in [1.165, 1.54) is 36.7 Å². The van der Waals surface area contributed by atoms with E-state index in [0.29, 0.717) is 27.6 Å². The summed E-state index contributed by atoms with van der Waals surface area (Å²) < 4.78 is 16.5. The smallest absolute Gasteiger partial charge is 0.341 e. The summed E-state index contributed by atoms with van der Waals surface area (Å²) in [6.07, 6.45) is 4.98. The molecule has 0 unspecified atom stereocenters. The first-order chi connectivity index (χ1) is 19.3. The second-order valence-corrected chi connectivity index (χ2v) is 9.99. The second-order valence-electron chi connectivity index (χ2n) is 8.88. The number of hydrogen-bond donors (Lipinski definition) is 1. The Bertz CT molecular complexity index is 1500. The van der Waals surface area contributed by atoms with E-state index < -0.39 is 16.8 Å². The van der Waals surface area contributed by atoms with Gasteiger partial charge in [0.2, 0.25) is 0 Å². The first-order valence-electron chi connectivity index (χ1n) is 12.6. The van der Waals surface area contributed by atoms with Crippen LogP contribution in [0, 0.1) is 21.4 Å². The number of nitrogens with zero attached hydrogens (tertiary/aromatic N) is 2. The number of rotatable bonds is 10. The lowest BCUT2D eigenvalue weighted by Gasteiger charge is -2.12. The van der Waals surface area contributed by atoms with Gasteiger partial charge >= 0.3 is 5.97 Å². The zero-order valence-electron chi connectivity index (χ0n) is 22.0. The molecule has 1 aromatic heterocycles. The van der Waals surface area contributed by atoms with E-state index in [1.54, 1.807) is 37.3 Å². The van der Waals surface area contributed by atoms with E-state index in [-0.39, 0.29) is 24.5 Å². The van der Waals surface area contributed by atoms with Crippen LogP contribution in [0.4, 0.5) is 10.7 Å². The van der Waals surface area contributed by atoms with Crippen molar-refractivity contribution in [1.29, 1.82) is 5.26 Å². The lowest BCUT2D eigenvalue weighted by atomic mass is 9.95. The van der Waals surface area contributed by atoms with E-state index >= 15 is 0 Å². The van der Waals surface area contributed by atoms with Gasteiger partial charge in [0.1, 0.15) is 23.3 Å². The molecule has 0 aliphatic heterocycles. The van der Waals surface area contributed by atoms with E-state index in [9.17, 15) is 25.0 Å². The number of benzene rings is 2. The lowest BCUT2D eigenvalue weighted by molar-refractivity contribution is -0.384. The fraction of sp³-hybridized carbons (Fsp3) is 0.276. The van der Waals surface area contributed by atoms with Gasteiger partial charge in [0.25, 0.3) is 11.6 Å².